The summed E-state index contributed by atoms with van der Waals surface area (Å²) in [4.78, 5) is 15.9. The van der Waals surface area contributed by atoms with Gasteiger partial charge in [-0.3, -0.25) is 4.79 Å². The van der Waals surface area contributed by atoms with E-state index in [2.05, 4.69) is 29.5 Å². The maximum absolute atomic E-state index is 11.8. The normalized spacial score (nSPS) is 19.0. The third-order valence-corrected chi connectivity index (χ3v) is 2.65. The standard InChI is InChI=1S/C11H14ClN3O/c1-6(2)3-9-11(16)15-8-4-7(12)5-13-10(8)14-9/h4-6,9H,3H2,1-2H3,(H,13,14)(H,15,16). The zero-order valence-electron chi connectivity index (χ0n) is 9.25. The van der Waals surface area contributed by atoms with Gasteiger partial charge < -0.3 is 10.6 Å². The van der Waals surface area contributed by atoms with E-state index in [0.29, 0.717) is 22.4 Å². The van der Waals surface area contributed by atoms with Crippen LogP contribution in [0.1, 0.15) is 20.3 Å². The van der Waals surface area contributed by atoms with Gasteiger partial charge in [0.1, 0.15) is 6.04 Å². The number of hydrogen-bond acceptors (Lipinski definition) is 3. The monoisotopic (exact) mass is 239 g/mol. The van der Waals surface area contributed by atoms with Crippen LogP contribution in [0.15, 0.2) is 12.3 Å². The average molecular weight is 240 g/mol. The molecule has 1 amide bonds. The van der Waals surface area contributed by atoms with Crippen molar-refractivity contribution in [2.45, 2.75) is 26.3 Å². The summed E-state index contributed by atoms with van der Waals surface area (Å²) in [6.45, 7) is 4.17. The molecule has 1 aliphatic rings. The van der Waals surface area contributed by atoms with Crippen LogP contribution in [0.5, 0.6) is 0 Å². The number of amides is 1. The van der Waals surface area contributed by atoms with Crippen LogP contribution in [0.2, 0.25) is 5.02 Å². The molecule has 2 N–H and O–H groups in total. The second kappa shape index (κ2) is 4.29. The molecule has 0 saturated carbocycles. The number of nitrogens with zero attached hydrogens (tertiary/aromatic N) is 1. The Morgan fingerprint density at radius 2 is 2.31 bits per heavy atom. The molecule has 86 valence electrons. The van der Waals surface area contributed by atoms with Crippen molar-refractivity contribution in [1.82, 2.24) is 4.98 Å². The van der Waals surface area contributed by atoms with E-state index in [4.69, 9.17) is 11.6 Å². The van der Waals surface area contributed by atoms with Crippen LogP contribution in [-0.4, -0.2) is 16.9 Å². The number of nitrogens with one attached hydrogen (secondary N) is 2. The molecule has 4 nitrogen and oxygen atoms in total. The van der Waals surface area contributed by atoms with Gasteiger partial charge in [0, 0.05) is 6.20 Å². The molecule has 16 heavy (non-hydrogen) atoms. The van der Waals surface area contributed by atoms with E-state index in [-0.39, 0.29) is 11.9 Å². The van der Waals surface area contributed by atoms with Crippen molar-refractivity contribution in [2.75, 3.05) is 10.6 Å². The third kappa shape index (κ3) is 2.27. The van der Waals surface area contributed by atoms with Crippen LogP contribution >= 0.6 is 11.6 Å². The van der Waals surface area contributed by atoms with E-state index in [1.54, 1.807) is 12.3 Å². The smallest absolute Gasteiger partial charge is 0.247 e. The molecule has 1 aromatic rings. The minimum absolute atomic E-state index is 0.0229. The molecule has 1 atom stereocenters. The number of fused-ring (bicyclic) bond motifs is 1. The van der Waals surface area contributed by atoms with Crippen LogP contribution in [0, 0.1) is 5.92 Å². The highest BCUT2D eigenvalue weighted by Gasteiger charge is 2.26. The maximum Gasteiger partial charge on any atom is 0.247 e. The summed E-state index contributed by atoms with van der Waals surface area (Å²) in [5, 5.41) is 6.45. The summed E-state index contributed by atoms with van der Waals surface area (Å²) in [6.07, 6.45) is 2.35. The van der Waals surface area contributed by atoms with E-state index < -0.39 is 0 Å². The molecule has 2 rings (SSSR count). The summed E-state index contributed by atoms with van der Waals surface area (Å²) < 4.78 is 0. The largest absolute Gasteiger partial charge is 0.357 e. The molecule has 2 heterocycles. The molecule has 0 spiro atoms. The number of carbonyl (C=O) groups is 1. The Morgan fingerprint density at radius 3 is 3.00 bits per heavy atom. The number of hydrogen-bond donors (Lipinski definition) is 2. The van der Waals surface area contributed by atoms with Crippen molar-refractivity contribution in [2.24, 2.45) is 5.92 Å². The van der Waals surface area contributed by atoms with Crippen LogP contribution in [0.25, 0.3) is 0 Å². The van der Waals surface area contributed by atoms with Crippen LogP contribution < -0.4 is 10.6 Å². The lowest BCUT2D eigenvalue weighted by molar-refractivity contribution is -0.117. The van der Waals surface area contributed by atoms with Crippen LogP contribution in [0.4, 0.5) is 11.5 Å². The topological polar surface area (TPSA) is 54.0 Å². The van der Waals surface area contributed by atoms with Gasteiger partial charge in [-0.1, -0.05) is 25.4 Å². The number of pyridine rings is 1. The van der Waals surface area contributed by atoms with Crippen molar-refractivity contribution < 1.29 is 4.79 Å². The number of halogens is 1. The van der Waals surface area contributed by atoms with E-state index in [0.717, 1.165) is 6.42 Å². The van der Waals surface area contributed by atoms with Gasteiger partial charge in [0.05, 0.1) is 10.7 Å². The second-order valence-electron chi connectivity index (χ2n) is 4.37. The zero-order valence-corrected chi connectivity index (χ0v) is 10.0. The summed E-state index contributed by atoms with van der Waals surface area (Å²) >= 11 is 5.80. The summed E-state index contributed by atoms with van der Waals surface area (Å²) in [5.41, 5.74) is 0.650. The van der Waals surface area contributed by atoms with Gasteiger partial charge >= 0.3 is 0 Å². The molecule has 0 aliphatic carbocycles. The van der Waals surface area contributed by atoms with Crippen LogP contribution in [-0.2, 0) is 4.79 Å². The van der Waals surface area contributed by atoms with E-state index >= 15 is 0 Å². The van der Waals surface area contributed by atoms with Crippen molar-refractivity contribution in [3.05, 3.63) is 17.3 Å². The average Bonchev–Trinajstić information content (AvgIpc) is 2.19. The van der Waals surface area contributed by atoms with Gasteiger partial charge in [-0.05, 0) is 18.4 Å². The van der Waals surface area contributed by atoms with Crippen molar-refractivity contribution in [3.63, 3.8) is 0 Å². The molecule has 1 aliphatic heterocycles. The van der Waals surface area contributed by atoms with Gasteiger partial charge in [0.25, 0.3) is 0 Å². The molecular weight excluding hydrogens is 226 g/mol. The Hall–Kier alpha value is -1.29. The van der Waals surface area contributed by atoms with Crippen LogP contribution in [0.3, 0.4) is 0 Å². The molecule has 0 radical (unpaired) electrons. The third-order valence-electron chi connectivity index (χ3n) is 2.45. The number of aromatic nitrogens is 1. The molecule has 5 heteroatoms. The minimum Gasteiger partial charge on any atom is -0.357 e. The van der Waals surface area contributed by atoms with Gasteiger partial charge in [-0.2, -0.15) is 0 Å². The lowest BCUT2D eigenvalue weighted by atomic mass is 10.0. The van der Waals surface area contributed by atoms with Crippen molar-refractivity contribution >= 4 is 29.0 Å². The van der Waals surface area contributed by atoms with E-state index in [9.17, 15) is 4.79 Å². The van der Waals surface area contributed by atoms with Gasteiger partial charge in [-0.15, -0.1) is 0 Å². The lowest BCUT2D eigenvalue weighted by Gasteiger charge is -2.26. The first-order chi connectivity index (χ1) is 7.56. The van der Waals surface area contributed by atoms with Gasteiger partial charge in [0.2, 0.25) is 5.91 Å². The quantitative estimate of drug-likeness (QED) is 0.834. The Bertz CT molecular complexity index is 420. The predicted molar refractivity (Wildman–Crippen MR) is 64.7 cm³/mol. The fraction of sp³-hybridized carbons (Fsp3) is 0.455. The van der Waals surface area contributed by atoms with E-state index in [1.807, 2.05) is 0 Å². The Labute approximate surface area is 99.4 Å². The first-order valence-electron chi connectivity index (χ1n) is 5.29. The lowest BCUT2D eigenvalue weighted by Crippen LogP contribution is -2.40. The molecule has 1 unspecified atom stereocenters. The number of rotatable bonds is 2. The highest BCUT2D eigenvalue weighted by atomic mass is 35.5. The fourth-order valence-electron chi connectivity index (χ4n) is 1.74. The van der Waals surface area contributed by atoms with E-state index in [1.165, 1.54) is 0 Å². The Kier molecular flexibility index (Phi) is 3.01. The molecule has 0 saturated heterocycles. The number of anilines is 2. The van der Waals surface area contributed by atoms with Crippen molar-refractivity contribution in [3.8, 4) is 0 Å². The fourth-order valence-corrected chi connectivity index (χ4v) is 1.90. The molecule has 0 bridgehead atoms. The molecular formula is C11H14ClN3O. The number of carbonyl (C=O) groups excluding carboxylic acids is 1. The second-order valence-corrected chi connectivity index (χ2v) is 4.80. The summed E-state index contributed by atoms with van der Waals surface area (Å²) in [6, 6.07) is 1.49. The zero-order chi connectivity index (χ0) is 11.7. The van der Waals surface area contributed by atoms with Gasteiger partial charge in [0.15, 0.2) is 5.82 Å². The minimum atomic E-state index is -0.207. The molecule has 1 aromatic heterocycles. The van der Waals surface area contributed by atoms with Gasteiger partial charge in [-0.25, -0.2) is 4.98 Å². The molecule has 0 fully saturated rings. The summed E-state index contributed by atoms with van der Waals surface area (Å²) in [5.74, 6) is 1.12. The first kappa shape index (κ1) is 11.2. The Balaban J connectivity index is 2.22. The van der Waals surface area contributed by atoms with Crippen molar-refractivity contribution in [1.29, 1.82) is 0 Å². The highest BCUT2D eigenvalue weighted by Crippen LogP contribution is 2.28. The summed E-state index contributed by atoms with van der Waals surface area (Å²) in [7, 11) is 0. The highest BCUT2D eigenvalue weighted by molar-refractivity contribution is 6.31. The molecule has 0 aromatic carbocycles. The Morgan fingerprint density at radius 1 is 1.56 bits per heavy atom. The maximum atomic E-state index is 11.8. The SMILES string of the molecule is CC(C)CC1Nc2ncc(Cl)cc2NC1=O. The predicted octanol–water partition coefficient (Wildman–Crippen LogP) is 2.51. The first-order valence-corrected chi connectivity index (χ1v) is 5.67.